The Morgan fingerprint density at radius 3 is 2.29 bits per heavy atom. The van der Waals surface area contributed by atoms with Crippen LogP contribution in [0.25, 0.3) is 0 Å². The van der Waals surface area contributed by atoms with E-state index < -0.39 is 15.5 Å². The number of hydrogen-bond acceptors (Lipinski definition) is 3. The van der Waals surface area contributed by atoms with Gasteiger partial charge in [0.1, 0.15) is 0 Å². The Balaban J connectivity index is 0.00000392. The maximum Gasteiger partial charge on any atom is 0.511 e. The second kappa shape index (κ2) is 11.2. The summed E-state index contributed by atoms with van der Waals surface area (Å²) in [6.07, 6.45) is 5.56. The minimum Gasteiger partial charge on any atom is -0.357 e. The van der Waals surface area contributed by atoms with E-state index in [1.807, 2.05) is 6.92 Å². The zero-order chi connectivity index (χ0) is 20.1. The molecule has 2 aliphatic rings. The molecular weight excluding hydrogens is 508 g/mol. The van der Waals surface area contributed by atoms with Crippen LogP contribution in [0.2, 0.25) is 0 Å². The molecule has 0 radical (unpaired) electrons. The number of halogens is 4. The van der Waals surface area contributed by atoms with E-state index >= 15 is 0 Å². The van der Waals surface area contributed by atoms with Crippen molar-refractivity contribution >= 4 is 40.0 Å². The Labute approximate surface area is 183 Å². The lowest BCUT2D eigenvalue weighted by atomic mass is 9.80. The standard InChI is InChI=1S/C17H31F3N4O2S.HI/c1-3-21-16(22-12-14-7-5-4-6-13(14)2)23-15-8-10-24(11-9-15)27(25,26)17(18,19)20;/h13-15H,3-12H2,1-2H3,(H2,21,22,23);1H. The zero-order valence-electron chi connectivity index (χ0n) is 16.5. The number of nitrogens with zero attached hydrogens (tertiary/aromatic N) is 2. The fourth-order valence-electron chi connectivity index (χ4n) is 3.77. The van der Waals surface area contributed by atoms with E-state index in [0.717, 1.165) is 6.54 Å². The molecule has 0 spiro atoms. The predicted molar refractivity (Wildman–Crippen MR) is 115 cm³/mol. The van der Waals surface area contributed by atoms with Crippen molar-refractivity contribution in [3.8, 4) is 0 Å². The normalized spacial score (nSPS) is 25.8. The Morgan fingerprint density at radius 2 is 1.75 bits per heavy atom. The lowest BCUT2D eigenvalue weighted by Crippen LogP contribution is -2.51. The number of rotatable bonds is 5. The van der Waals surface area contributed by atoms with Gasteiger partial charge in [-0.2, -0.15) is 17.5 Å². The summed E-state index contributed by atoms with van der Waals surface area (Å²) in [6, 6.07) is -0.0914. The number of guanidine groups is 1. The summed E-state index contributed by atoms with van der Waals surface area (Å²) in [7, 11) is -5.23. The van der Waals surface area contributed by atoms with Crippen LogP contribution in [0, 0.1) is 11.8 Å². The number of piperidine rings is 1. The SMILES string of the molecule is CCNC(=NCC1CCCCC1C)NC1CCN(S(=O)(=O)C(F)(F)F)CC1.I. The van der Waals surface area contributed by atoms with Crippen LogP contribution in [0.1, 0.15) is 52.4 Å². The quantitative estimate of drug-likeness (QED) is 0.319. The van der Waals surface area contributed by atoms with Crippen LogP contribution in [0.4, 0.5) is 13.2 Å². The summed E-state index contributed by atoms with van der Waals surface area (Å²) in [4.78, 5) is 4.67. The largest absolute Gasteiger partial charge is 0.511 e. The van der Waals surface area contributed by atoms with Crippen molar-refractivity contribution < 1.29 is 21.6 Å². The van der Waals surface area contributed by atoms with Crippen LogP contribution in [-0.2, 0) is 10.0 Å². The summed E-state index contributed by atoms with van der Waals surface area (Å²) in [5.74, 6) is 1.88. The van der Waals surface area contributed by atoms with Crippen LogP contribution in [0.15, 0.2) is 4.99 Å². The molecule has 6 nitrogen and oxygen atoms in total. The topological polar surface area (TPSA) is 73.8 Å². The Hall–Kier alpha value is -0.300. The van der Waals surface area contributed by atoms with Gasteiger partial charge in [-0.15, -0.1) is 24.0 Å². The van der Waals surface area contributed by atoms with Gasteiger partial charge in [-0.1, -0.05) is 26.2 Å². The summed E-state index contributed by atoms with van der Waals surface area (Å²) in [6.45, 7) is 5.36. The molecule has 0 aromatic heterocycles. The first-order valence-electron chi connectivity index (χ1n) is 9.76. The second-order valence-corrected chi connectivity index (χ2v) is 9.44. The molecule has 11 heteroatoms. The van der Waals surface area contributed by atoms with Gasteiger partial charge in [0.05, 0.1) is 0 Å². The van der Waals surface area contributed by atoms with Crippen molar-refractivity contribution in [2.24, 2.45) is 16.8 Å². The first-order valence-corrected chi connectivity index (χ1v) is 11.2. The minimum atomic E-state index is -5.24. The van der Waals surface area contributed by atoms with Crippen LogP contribution < -0.4 is 10.6 Å². The van der Waals surface area contributed by atoms with Crippen molar-refractivity contribution in [1.29, 1.82) is 0 Å². The number of aliphatic imine (C=N–C) groups is 1. The minimum absolute atomic E-state index is 0. The molecule has 0 amide bonds. The second-order valence-electron chi connectivity index (χ2n) is 7.51. The molecule has 1 aliphatic carbocycles. The monoisotopic (exact) mass is 540 g/mol. The molecule has 1 aliphatic heterocycles. The number of sulfonamides is 1. The fraction of sp³-hybridized carbons (Fsp3) is 0.941. The van der Waals surface area contributed by atoms with Crippen LogP contribution in [-0.4, -0.2) is 56.4 Å². The molecule has 2 unspecified atom stereocenters. The van der Waals surface area contributed by atoms with Crippen molar-refractivity contribution in [3.63, 3.8) is 0 Å². The van der Waals surface area contributed by atoms with E-state index in [1.165, 1.54) is 25.7 Å². The van der Waals surface area contributed by atoms with Crippen LogP contribution in [0.5, 0.6) is 0 Å². The molecule has 166 valence electrons. The van der Waals surface area contributed by atoms with E-state index in [-0.39, 0.29) is 43.1 Å². The molecule has 2 N–H and O–H groups in total. The first kappa shape index (κ1) is 25.7. The van der Waals surface area contributed by atoms with E-state index in [1.54, 1.807) is 0 Å². The van der Waals surface area contributed by atoms with Crippen molar-refractivity contribution in [3.05, 3.63) is 0 Å². The molecule has 2 rings (SSSR count). The maximum absolute atomic E-state index is 12.7. The lowest BCUT2D eigenvalue weighted by molar-refractivity contribution is -0.0494. The average Bonchev–Trinajstić information content (AvgIpc) is 2.60. The first-order chi connectivity index (χ1) is 12.6. The molecular formula is C17H32F3IN4O2S. The third kappa shape index (κ3) is 6.89. The molecule has 1 heterocycles. The molecule has 0 aromatic rings. The number of nitrogens with one attached hydrogen (secondary N) is 2. The van der Waals surface area contributed by atoms with E-state index in [0.29, 0.717) is 41.5 Å². The smallest absolute Gasteiger partial charge is 0.357 e. The maximum atomic E-state index is 12.7. The highest BCUT2D eigenvalue weighted by Crippen LogP contribution is 2.30. The van der Waals surface area contributed by atoms with Gasteiger partial charge in [0.25, 0.3) is 0 Å². The van der Waals surface area contributed by atoms with Gasteiger partial charge in [-0.3, -0.25) is 4.99 Å². The Kier molecular flexibility index (Phi) is 10.3. The van der Waals surface area contributed by atoms with Crippen LogP contribution in [0.3, 0.4) is 0 Å². The third-order valence-electron chi connectivity index (χ3n) is 5.54. The van der Waals surface area contributed by atoms with Gasteiger partial charge in [0.15, 0.2) is 5.96 Å². The average molecular weight is 540 g/mol. The zero-order valence-corrected chi connectivity index (χ0v) is 19.6. The van der Waals surface area contributed by atoms with Crippen LogP contribution >= 0.6 is 24.0 Å². The van der Waals surface area contributed by atoms with Gasteiger partial charge >= 0.3 is 15.5 Å². The van der Waals surface area contributed by atoms with Gasteiger partial charge in [-0.25, -0.2) is 8.42 Å². The molecule has 0 bridgehead atoms. The molecule has 1 saturated heterocycles. The lowest BCUT2D eigenvalue weighted by Gasteiger charge is -2.33. The molecule has 0 aromatic carbocycles. The van der Waals surface area contributed by atoms with E-state index in [9.17, 15) is 21.6 Å². The summed E-state index contributed by atoms with van der Waals surface area (Å²) < 4.78 is 61.5. The fourth-order valence-corrected chi connectivity index (χ4v) is 4.76. The van der Waals surface area contributed by atoms with E-state index in [4.69, 9.17) is 0 Å². The van der Waals surface area contributed by atoms with Gasteiger partial charge in [0, 0.05) is 32.2 Å². The van der Waals surface area contributed by atoms with Crippen molar-refractivity contribution in [2.75, 3.05) is 26.2 Å². The van der Waals surface area contributed by atoms with E-state index in [2.05, 4.69) is 22.5 Å². The summed E-state index contributed by atoms with van der Waals surface area (Å²) in [5.41, 5.74) is -5.24. The third-order valence-corrected chi connectivity index (χ3v) is 7.17. The Bertz CT molecular complexity index is 608. The van der Waals surface area contributed by atoms with Crippen molar-refractivity contribution in [2.45, 2.75) is 63.9 Å². The van der Waals surface area contributed by atoms with Gasteiger partial charge in [0.2, 0.25) is 0 Å². The summed E-state index contributed by atoms with van der Waals surface area (Å²) >= 11 is 0. The highest BCUT2D eigenvalue weighted by molar-refractivity contribution is 14.0. The highest BCUT2D eigenvalue weighted by Gasteiger charge is 2.50. The highest BCUT2D eigenvalue weighted by atomic mass is 127. The molecule has 28 heavy (non-hydrogen) atoms. The molecule has 2 atom stereocenters. The van der Waals surface area contributed by atoms with Crippen molar-refractivity contribution in [1.82, 2.24) is 14.9 Å². The number of alkyl halides is 3. The summed E-state index contributed by atoms with van der Waals surface area (Å²) in [5, 5.41) is 6.44. The predicted octanol–water partition coefficient (Wildman–Crippen LogP) is 3.30. The molecule has 1 saturated carbocycles. The van der Waals surface area contributed by atoms with Gasteiger partial charge < -0.3 is 10.6 Å². The van der Waals surface area contributed by atoms with Gasteiger partial charge in [-0.05, 0) is 38.0 Å². The Morgan fingerprint density at radius 1 is 1.14 bits per heavy atom. The molecule has 2 fully saturated rings. The number of hydrogen-bond donors (Lipinski definition) is 2.